The number of hydrogen-bond acceptors (Lipinski definition) is 3. The Kier molecular flexibility index (Phi) is 5.51. The molecule has 0 saturated carbocycles. The molecule has 0 fully saturated rings. The van der Waals surface area contributed by atoms with Gasteiger partial charge in [0.1, 0.15) is 0 Å². The van der Waals surface area contributed by atoms with E-state index in [1.807, 2.05) is 12.3 Å². The highest BCUT2D eigenvalue weighted by atomic mass is 79.9. The number of benzene rings is 1. The van der Waals surface area contributed by atoms with Gasteiger partial charge in [-0.1, -0.05) is 30.3 Å². The van der Waals surface area contributed by atoms with E-state index in [2.05, 4.69) is 56.1 Å². The minimum Gasteiger partial charge on any atom is -0.329 e. The molecular formula is C15H18BrN3. The summed E-state index contributed by atoms with van der Waals surface area (Å²) in [7, 11) is 0. The maximum atomic E-state index is 5.70. The smallest absolute Gasteiger partial charge is 0.0410 e. The molecule has 0 spiro atoms. The molecule has 2 aromatic rings. The molecule has 0 atom stereocenters. The molecule has 4 heteroatoms. The molecule has 0 saturated heterocycles. The van der Waals surface area contributed by atoms with Crippen LogP contribution in [0, 0.1) is 0 Å². The average Bonchev–Trinajstić information content (AvgIpc) is 2.40. The standard InChI is InChI=1S/C15H18BrN3/c16-15-8-14(9-18-10-15)12-19(7-6-17)11-13-4-2-1-3-5-13/h1-5,8-10H,6-7,11-12,17H2. The van der Waals surface area contributed by atoms with Gasteiger partial charge in [0, 0.05) is 43.0 Å². The van der Waals surface area contributed by atoms with Crippen molar-refractivity contribution in [3.05, 3.63) is 64.4 Å². The van der Waals surface area contributed by atoms with Crippen LogP contribution >= 0.6 is 15.9 Å². The minimum absolute atomic E-state index is 0.661. The molecule has 19 heavy (non-hydrogen) atoms. The third kappa shape index (κ3) is 4.74. The highest BCUT2D eigenvalue weighted by Gasteiger charge is 2.06. The molecule has 0 unspecified atom stereocenters. The zero-order valence-corrected chi connectivity index (χ0v) is 12.4. The molecule has 1 aromatic heterocycles. The SMILES string of the molecule is NCCN(Cc1ccccc1)Cc1cncc(Br)c1. The first-order valence-electron chi connectivity index (χ1n) is 6.33. The minimum atomic E-state index is 0.661. The maximum Gasteiger partial charge on any atom is 0.0410 e. The van der Waals surface area contributed by atoms with Crippen molar-refractivity contribution in [1.29, 1.82) is 0 Å². The number of rotatable bonds is 6. The third-order valence-corrected chi connectivity index (χ3v) is 3.30. The molecule has 0 aliphatic heterocycles. The Bertz CT molecular complexity index is 502. The predicted molar refractivity (Wildman–Crippen MR) is 81.5 cm³/mol. The fraction of sp³-hybridized carbons (Fsp3) is 0.267. The van der Waals surface area contributed by atoms with E-state index in [1.165, 1.54) is 11.1 Å². The van der Waals surface area contributed by atoms with Crippen molar-refractivity contribution < 1.29 is 0 Å². The molecule has 0 amide bonds. The van der Waals surface area contributed by atoms with Crippen molar-refractivity contribution in [3.63, 3.8) is 0 Å². The van der Waals surface area contributed by atoms with Crippen molar-refractivity contribution in [2.24, 2.45) is 5.73 Å². The van der Waals surface area contributed by atoms with E-state index in [-0.39, 0.29) is 0 Å². The summed E-state index contributed by atoms with van der Waals surface area (Å²) in [6, 6.07) is 12.6. The van der Waals surface area contributed by atoms with Gasteiger partial charge in [0.05, 0.1) is 0 Å². The van der Waals surface area contributed by atoms with Crippen LogP contribution in [0.2, 0.25) is 0 Å². The molecule has 0 radical (unpaired) electrons. The van der Waals surface area contributed by atoms with E-state index in [0.717, 1.165) is 24.1 Å². The number of aromatic nitrogens is 1. The Morgan fingerprint density at radius 3 is 2.47 bits per heavy atom. The molecule has 2 rings (SSSR count). The van der Waals surface area contributed by atoms with Gasteiger partial charge >= 0.3 is 0 Å². The predicted octanol–water partition coefficient (Wildman–Crippen LogP) is 2.81. The highest BCUT2D eigenvalue weighted by molar-refractivity contribution is 9.10. The monoisotopic (exact) mass is 319 g/mol. The summed E-state index contributed by atoms with van der Waals surface area (Å²) in [6.45, 7) is 3.30. The van der Waals surface area contributed by atoms with Gasteiger partial charge in [-0.2, -0.15) is 0 Å². The van der Waals surface area contributed by atoms with Gasteiger partial charge in [-0.3, -0.25) is 9.88 Å². The first-order chi connectivity index (χ1) is 9.28. The summed E-state index contributed by atoms with van der Waals surface area (Å²) in [5, 5.41) is 0. The molecule has 0 bridgehead atoms. The molecule has 1 aromatic carbocycles. The second-order valence-electron chi connectivity index (χ2n) is 4.50. The second kappa shape index (κ2) is 7.38. The van der Waals surface area contributed by atoms with Gasteiger partial charge in [-0.15, -0.1) is 0 Å². The van der Waals surface area contributed by atoms with Crippen LogP contribution < -0.4 is 5.73 Å². The molecule has 1 heterocycles. The Hall–Kier alpha value is -1.23. The molecule has 0 aliphatic rings. The molecule has 0 aliphatic carbocycles. The zero-order valence-electron chi connectivity index (χ0n) is 10.8. The largest absolute Gasteiger partial charge is 0.329 e. The lowest BCUT2D eigenvalue weighted by Gasteiger charge is -2.21. The average molecular weight is 320 g/mol. The van der Waals surface area contributed by atoms with Crippen LogP contribution in [0.25, 0.3) is 0 Å². The van der Waals surface area contributed by atoms with Crippen LogP contribution in [-0.4, -0.2) is 23.0 Å². The molecule has 2 N–H and O–H groups in total. The van der Waals surface area contributed by atoms with E-state index in [0.29, 0.717) is 6.54 Å². The first-order valence-corrected chi connectivity index (χ1v) is 7.13. The van der Waals surface area contributed by atoms with Gasteiger partial charge in [-0.05, 0) is 33.1 Å². The number of hydrogen-bond donors (Lipinski definition) is 1. The zero-order chi connectivity index (χ0) is 13.5. The van der Waals surface area contributed by atoms with E-state index in [1.54, 1.807) is 6.20 Å². The van der Waals surface area contributed by atoms with Gasteiger partial charge in [-0.25, -0.2) is 0 Å². The fourth-order valence-corrected chi connectivity index (χ4v) is 2.45. The fourth-order valence-electron chi connectivity index (χ4n) is 2.04. The lowest BCUT2D eigenvalue weighted by molar-refractivity contribution is 0.264. The van der Waals surface area contributed by atoms with Crippen LogP contribution in [0.4, 0.5) is 0 Å². The first kappa shape index (κ1) is 14.2. The molecular weight excluding hydrogens is 302 g/mol. The normalized spacial score (nSPS) is 10.9. The van der Waals surface area contributed by atoms with E-state index in [9.17, 15) is 0 Å². The quantitative estimate of drug-likeness (QED) is 0.890. The number of nitrogens with zero attached hydrogens (tertiary/aromatic N) is 2. The summed E-state index contributed by atoms with van der Waals surface area (Å²) >= 11 is 3.45. The van der Waals surface area contributed by atoms with Crippen molar-refractivity contribution in [2.45, 2.75) is 13.1 Å². The summed E-state index contributed by atoms with van der Waals surface area (Å²) in [4.78, 5) is 6.53. The highest BCUT2D eigenvalue weighted by Crippen LogP contribution is 2.13. The van der Waals surface area contributed by atoms with Crippen LogP contribution in [0.3, 0.4) is 0 Å². The number of nitrogens with two attached hydrogens (primary N) is 1. The summed E-state index contributed by atoms with van der Waals surface area (Å²) in [5.74, 6) is 0. The molecule has 3 nitrogen and oxygen atoms in total. The second-order valence-corrected chi connectivity index (χ2v) is 5.41. The van der Waals surface area contributed by atoms with Crippen molar-refractivity contribution in [2.75, 3.05) is 13.1 Å². The van der Waals surface area contributed by atoms with Crippen LogP contribution in [0.1, 0.15) is 11.1 Å². The lowest BCUT2D eigenvalue weighted by Crippen LogP contribution is -2.28. The van der Waals surface area contributed by atoms with Crippen molar-refractivity contribution in [1.82, 2.24) is 9.88 Å². The Morgan fingerprint density at radius 2 is 1.79 bits per heavy atom. The van der Waals surface area contributed by atoms with E-state index >= 15 is 0 Å². The number of halogens is 1. The van der Waals surface area contributed by atoms with Crippen molar-refractivity contribution in [3.8, 4) is 0 Å². The molecule has 100 valence electrons. The summed E-state index contributed by atoms with van der Waals surface area (Å²) < 4.78 is 1.01. The van der Waals surface area contributed by atoms with Crippen LogP contribution in [-0.2, 0) is 13.1 Å². The van der Waals surface area contributed by atoms with Crippen LogP contribution in [0.15, 0.2) is 53.3 Å². The van der Waals surface area contributed by atoms with Crippen molar-refractivity contribution >= 4 is 15.9 Å². The van der Waals surface area contributed by atoms with E-state index < -0.39 is 0 Å². The van der Waals surface area contributed by atoms with Crippen LogP contribution in [0.5, 0.6) is 0 Å². The number of pyridine rings is 1. The maximum absolute atomic E-state index is 5.70. The van der Waals surface area contributed by atoms with E-state index in [4.69, 9.17) is 5.73 Å². The van der Waals surface area contributed by atoms with Gasteiger partial charge in [0.25, 0.3) is 0 Å². The van der Waals surface area contributed by atoms with Gasteiger partial charge in [0.2, 0.25) is 0 Å². The summed E-state index contributed by atoms with van der Waals surface area (Å²) in [6.07, 6.45) is 3.70. The Balaban J connectivity index is 2.04. The Labute approximate surface area is 122 Å². The Morgan fingerprint density at radius 1 is 1.05 bits per heavy atom. The third-order valence-electron chi connectivity index (χ3n) is 2.86. The van der Waals surface area contributed by atoms with Gasteiger partial charge < -0.3 is 5.73 Å². The van der Waals surface area contributed by atoms with Gasteiger partial charge in [0.15, 0.2) is 0 Å². The topological polar surface area (TPSA) is 42.1 Å². The summed E-state index contributed by atoms with van der Waals surface area (Å²) in [5.41, 5.74) is 8.20. The lowest BCUT2D eigenvalue weighted by atomic mass is 10.2.